The van der Waals surface area contributed by atoms with Crippen LogP contribution in [0.5, 0.6) is 0 Å². The third-order valence-electron chi connectivity index (χ3n) is 4.40. The molecule has 1 aliphatic heterocycles. The molecule has 4 nitrogen and oxygen atoms in total. The summed E-state index contributed by atoms with van der Waals surface area (Å²) in [5.74, 6) is -0.0565. The molecule has 1 aliphatic rings. The predicted molar refractivity (Wildman–Crippen MR) is 93.2 cm³/mol. The van der Waals surface area contributed by atoms with Gasteiger partial charge in [0.15, 0.2) is 0 Å². The quantitative estimate of drug-likeness (QED) is 0.937. The number of nitrogens with one attached hydrogen (secondary N) is 1. The maximum atomic E-state index is 12.3. The van der Waals surface area contributed by atoms with Gasteiger partial charge in [0, 0.05) is 24.5 Å². The second-order valence-corrected chi connectivity index (χ2v) is 6.10. The first kappa shape index (κ1) is 15.5. The van der Waals surface area contributed by atoms with Crippen LogP contribution in [0.1, 0.15) is 42.6 Å². The number of anilines is 2. The normalized spacial score (nSPS) is 15.0. The number of benzene rings is 1. The van der Waals surface area contributed by atoms with Crippen molar-refractivity contribution in [3.8, 4) is 0 Å². The van der Waals surface area contributed by atoms with Gasteiger partial charge in [-0.3, -0.25) is 9.78 Å². The van der Waals surface area contributed by atoms with E-state index in [0.717, 1.165) is 31.5 Å². The Morgan fingerprint density at radius 2 is 2.17 bits per heavy atom. The van der Waals surface area contributed by atoms with E-state index in [2.05, 4.69) is 46.4 Å². The van der Waals surface area contributed by atoms with Crippen LogP contribution in [0, 0.1) is 0 Å². The first-order chi connectivity index (χ1) is 11.2. The van der Waals surface area contributed by atoms with Crippen molar-refractivity contribution in [3.05, 3.63) is 53.9 Å². The average molecular weight is 309 g/mol. The molecule has 0 saturated heterocycles. The van der Waals surface area contributed by atoms with Crippen LogP contribution in [0.2, 0.25) is 0 Å². The van der Waals surface area contributed by atoms with Crippen molar-refractivity contribution in [1.29, 1.82) is 0 Å². The Balaban J connectivity index is 1.88. The van der Waals surface area contributed by atoms with Gasteiger partial charge in [0.25, 0.3) is 5.91 Å². The van der Waals surface area contributed by atoms with E-state index in [4.69, 9.17) is 0 Å². The van der Waals surface area contributed by atoms with Gasteiger partial charge >= 0.3 is 0 Å². The summed E-state index contributed by atoms with van der Waals surface area (Å²) >= 11 is 0. The van der Waals surface area contributed by atoms with Gasteiger partial charge in [-0.15, -0.1) is 0 Å². The number of amides is 1. The first-order valence-electron chi connectivity index (χ1n) is 8.30. The third-order valence-corrected chi connectivity index (χ3v) is 4.40. The SMILES string of the molecule is CCC(C)NC(=O)c1cncc(N2CCCc3ccccc32)c1. The van der Waals surface area contributed by atoms with Crippen LogP contribution in [-0.2, 0) is 6.42 Å². The Morgan fingerprint density at radius 3 is 3.00 bits per heavy atom. The summed E-state index contributed by atoms with van der Waals surface area (Å²) in [6, 6.07) is 10.6. The number of hydrogen-bond donors (Lipinski definition) is 1. The largest absolute Gasteiger partial charge is 0.350 e. The standard InChI is InChI=1S/C19H23N3O/c1-3-14(2)21-19(23)16-11-17(13-20-12-16)22-10-6-8-15-7-4-5-9-18(15)22/h4-5,7,9,11-14H,3,6,8,10H2,1-2H3,(H,21,23). The maximum Gasteiger partial charge on any atom is 0.253 e. The number of carbonyl (C=O) groups excluding carboxylic acids is 1. The molecule has 4 heteroatoms. The summed E-state index contributed by atoms with van der Waals surface area (Å²) in [5.41, 5.74) is 4.17. The highest BCUT2D eigenvalue weighted by Crippen LogP contribution is 2.33. The molecule has 2 aromatic rings. The molecule has 2 heterocycles. The van der Waals surface area contributed by atoms with E-state index in [9.17, 15) is 4.79 Å². The van der Waals surface area contributed by atoms with Crippen LogP contribution in [0.3, 0.4) is 0 Å². The van der Waals surface area contributed by atoms with E-state index >= 15 is 0 Å². The average Bonchev–Trinajstić information content (AvgIpc) is 2.61. The van der Waals surface area contributed by atoms with E-state index in [-0.39, 0.29) is 11.9 Å². The van der Waals surface area contributed by atoms with Crippen molar-refractivity contribution in [2.24, 2.45) is 0 Å². The first-order valence-corrected chi connectivity index (χ1v) is 8.30. The minimum Gasteiger partial charge on any atom is -0.350 e. The topological polar surface area (TPSA) is 45.2 Å². The lowest BCUT2D eigenvalue weighted by Gasteiger charge is -2.31. The fourth-order valence-electron chi connectivity index (χ4n) is 2.91. The number of aryl methyl sites for hydroxylation is 1. The molecule has 0 fully saturated rings. The minimum absolute atomic E-state index is 0.0565. The molecule has 0 radical (unpaired) electrons. The molecule has 1 amide bonds. The summed E-state index contributed by atoms with van der Waals surface area (Å²) in [4.78, 5) is 18.9. The van der Waals surface area contributed by atoms with Crippen LogP contribution in [0.25, 0.3) is 0 Å². The van der Waals surface area contributed by atoms with Gasteiger partial charge in [-0.25, -0.2) is 0 Å². The van der Waals surface area contributed by atoms with Crippen LogP contribution in [0.4, 0.5) is 11.4 Å². The zero-order valence-electron chi connectivity index (χ0n) is 13.7. The summed E-state index contributed by atoms with van der Waals surface area (Å²) in [6.45, 7) is 5.02. The zero-order chi connectivity index (χ0) is 16.2. The zero-order valence-corrected chi connectivity index (χ0v) is 13.7. The third kappa shape index (κ3) is 3.36. The number of para-hydroxylation sites is 1. The molecule has 0 aliphatic carbocycles. The Bertz CT molecular complexity index is 699. The van der Waals surface area contributed by atoms with Gasteiger partial charge in [-0.1, -0.05) is 25.1 Å². The fourth-order valence-corrected chi connectivity index (χ4v) is 2.91. The Kier molecular flexibility index (Phi) is 4.60. The van der Waals surface area contributed by atoms with Crippen LogP contribution < -0.4 is 10.2 Å². The molecule has 0 spiro atoms. The smallest absolute Gasteiger partial charge is 0.253 e. The lowest BCUT2D eigenvalue weighted by Crippen LogP contribution is -2.32. The number of fused-ring (bicyclic) bond motifs is 1. The summed E-state index contributed by atoms with van der Waals surface area (Å²) in [7, 11) is 0. The number of carbonyl (C=O) groups is 1. The maximum absolute atomic E-state index is 12.3. The second kappa shape index (κ2) is 6.82. The van der Waals surface area contributed by atoms with Gasteiger partial charge < -0.3 is 10.2 Å². The number of nitrogens with zero attached hydrogens (tertiary/aromatic N) is 2. The fraction of sp³-hybridized carbons (Fsp3) is 0.368. The van der Waals surface area contributed by atoms with Crippen molar-refractivity contribution in [2.75, 3.05) is 11.4 Å². The highest BCUT2D eigenvalue weighted by molar-refractivity contribution is 5.95. The predicted octanol–water partition coefficient (Wildman–Crippen LogP) is 3.69. The highest BCUT2D eigenvalue weighted by atomic mass is 16.1. The van der Waals surface area contributed by atoms with Crippen LogP contribution in [-0.4, -0.2) is 23.5 Å². The molecule has 1 unspecified atom stereocenters. The Labute approximate surface area is 137 Å². The molecule has 1 atom stereocenters. The van der Waals surface area contributed by atoms with Gasteiger partial charge in [-0.05, 0) is 43.9 Å². The molecule has 120 valence electrons. The van der Waals surface area contributed by atoms with Crippen molar-refractivity contribution >= 4 is 17.3 Å². The second-order valence-electron chi connectivity index (χ2n) is 6.10. The van der Waals surface area contributed by atoms with Crippen molar-refractivity contribution in [1.82, 2.24) is 10.3 Å². The molecule has 1 aromatic carbocycles. The number of hydrogen-bond acceptors (Lipinski definition) is 3. The Hall–Kier alpha value is -2.36. The molecule has 1 aromatic heterocycles. The lowest BCUT2D eigenvalue weighted by atomic mass is 10.0. The molecular formula is C19H23N3O. The number of pyridine rings is 1. The summed E-state index contributed by atoms with van der Waals surface area (Å²) in [5, 5.41) is 3.00. The van der Waals surface area contributed by atoms with E-state index in [1.165, 1.54) is 11.3 Å². The number of aromatic nitrogens is 1. The number of rotatable bonds is 4. The van der Waals surface area contributed by atoms with E-state index in [1.807, 2.05) is 19.2 Å². The van der Waals surface area contributed by atoms with E-state index in [1.54, 1.807) is 6.20 Å². The Morgan fingerprint density at radius 1 is 1.35 bits per heavy atom. The molecular weight excluding hydrogens is 286 g/mol. The van der Waals surface area contributed by atoms with Crippen molar-refractivity contribution in [3.63, 3.8) is 0 Å². The van der Waals surface area contributed by atoms with Crippen molar-refractivity contribution < 1.29 is 4.79 Å². The summed E-state index contributed by atoms with van der Waals surface area (Å²) in [6.07, 6.45) is 6.60. The van der Waals surface area contributed by atoms with Crippen molar-refractivity contribution in [2.45, 2.75) is 39.2 Å². The molecule has 0 saturated carbocycles. The molecule has 3 rings (SSSR count). The van der Waals surface area contributed by atoms with Gasteiger partial charge in [0.2, 0.25) is 0 Å². The molecule has 0 bridgehead atoms. The van der Waals surface area contributed by atoms with Gasteiger partial charge in [-0.2, -0.15) is 0 Å². The summed E-state index contributed by atoms with van der Waals surface area (Å²) < 4.78 is 0. The molecule has 23 heavy (non-hydrogen) atoms. The van der Waals surface area contributed by atoms with E-state index in [0.29, 0.717) is 5.56 Å². The van der Waals surface area contributed by atoms with Crippen LogP contribution in [0.15, 0.2) is 42.7 Å². The highest BCUT2D eigenvalue weighted by Gasteiger charge is 2.19. The van der Waals surface area contributed by atoms with Gasteiger partial charge in [0.1, 0.15) is 0 Å². The minimum atomic E-state index is -0.0565. The lowest BCUT2D eigenvalue weighted by molar-refractivity contribution is 0.0939. The molecule has 1 N–H and O–H groups in total. The van der Waals surface area contributed by atoms with Crippen LogP contribution >= 0.6 is 0 Å². The van der Waals surface area contributed by atoms with Gasteiger partial charge in [0.05, 0.1) is 17.4 Å². The van der Waals surface area contributed by atoms with E-state index < -0.39 is 0 Å². The monoisotopic (exact) mass is 309 g/mol.